The first-order valence-corrected chi connectivity index (χ1v) is 5.24. The lowest BCUT2D eigenvalue weighted by Crippen LogP contribution is -2.14. The maximum atomic E-state index is 4.43. The lowest BCUT2D eigenvalue weighted by molar-refractivity contribution is 0.562. The predicted molar refractivity (Wildman–Crippen MR) is 54.9 cm³/mol. The van der Waals surface area contributed by atoms with E-state index in [1.807, 2.05) is 5.51 Å². The van der Waals surface area contributed by atoms with E-state index in [0.717, 1.165) is 0 Å². The lowest BCUT2D eigenvalue weighted by atomic mass is 9.89. The van der Waals surface area contributed by atoms with Crippen molar-refractivity contribution in [3.63, 3.8) is 0 Å². The number of rotatable bonds is 1. The van der Waals surface area contributed by atoms with Gasteiger partial charge in [-0.05, 0) is 5.92 Å². The summed E-state index contributed by atoms with van der Waals surface area (Å²) in [7, 11) is 0. The Morgan fingerprint density at radius 2 is 1.92 bits per heavy atom. The molecule has 1 heterocycles. The topological polar surface area (TPSA) is 12.9 Å². The summed E-state index contributed by atoms with van der Waals surface area (Å²) in [4.78, 5) is 5.86. The second kappa shape index (κ2) is 3.17. The molecule has 1 aromatic heterocycles. The lowest BCUT2D eigenvalue weighted by Gasteiger charge is -2.18. The minimum atomic E-state index is 0.194. The molecule has 0 saturated heterocycles. The van der Waals surface area contributed by atoms with E-state index >= 15 is 0 Å². The summed E-state index contributed by atoms with van der Waals surface area (Å²) in [6.45, 7) is 11.1. The Hall–Kier alpha value is -0.370. The molecule has 0 radical (unpaired) electrons. The van der Waals surface area contributed by atoms with Crippen molar-refractivity contribution < 1.29 is 0 Å². The van der Waals surface area contributed by atoms with Gasteiger partial charge in [-0.3, -0.25) is 0 Å². The molecule has 0 amide bonds. The van der Waals surface area contributed by atoms with Crippen molar-refractivity contribution in [3.8, 4) is 0 Å². The van der Waals surface area contributed by atoms with E-state index in [0.29, 0.717) is 5.92 Å². The molecule has 0 atom stereocenters. The molecule has 12 heavy (non-hydrogen) atoms. The SMILES string of the molecule is CC(C)c1scnc1C(C)(C)C. The van der Waals surface area contributed by atoms with Crippen LogP contribution >= 0.6 is 11.3 Å². The van der Waals surface area contributed by atoms with Crippen LogP contribution in [-0.4, -0.2) is 4.98 Å². The van der Waals surface area contributed by atoms with Gasteiger partial charge in [-0.25, -0.2) is 4.98 Å². The standard InChI is InChI=1S/C10H17NS/c1-7(2)8-9(10(3,4)5)11-6-12-8/h6-7H,1-5H3. The zero-order valence-corrected chi connectivity index (χ0v) is 9.33. The second-order valence-electron chi connectivity index (χ2n) is 4.47. The maximum Gasteiger partial charge on any atom is 0.0798 e. The summed E-state index contributed by atoms with van der Waals surface area (Å²) >= 11 is 1.77. The van der Waals surface area contributed by atoms with E-state index in [1.54, 1.807) is 11.3 Å². The summed E-state index contributed by atoms with van der Waals surface area (Å²) in [6, 6.07) is 0. The fourth-order valence-electron chi connectivity index (χ4n) is 1.23. The van der Waals surface area contributed by atoms with Gasteiger partial charge < -0.3 is 0 Å². The monoisotopic (exact) mass is 183 g/mol. The van der Waals surface area contributed by atoms with Gasteiger partial charge in [0.2, 0.25) is 0 Å². The number of nitrogens with zero attached hydrogens (tertiary/aromatic N) is 1. The predicted octanol–water partition coefficient (Wildman–Crippen LogP) is 3.56. The Bertz CT molecular complexity index is 255. The highest BCUT2D eigenvalue weighted by Crippen LogP contribution is 2.31. The fraction of sp³-hybridized carbons (Fsp3) is 0.700. The van der Waals surface area contributed by atoms with E-state index in [9.17, 15) is 0 Å². The van der Waals surface area contributed by atoms with Gasteiger partial charge in [0.25, 0.3) is 0 Å². The van der Waals surface area contributed by atoms with Gasteiger partial charge in [-0.15, -0.1) is 11.3 Å². The van der Waals surface area contributed by atoms with Gasteiger partial charge in [0.15, 0.2) is 0 Å². The van der Waals surface area contributed by atoms with Crippen LogP contribution in [0.3, 0.4) is 0 Å². The molecule has 1 aromatic rings. The third kappa shape index (κ3) is 1.86. The first-order chi connectivity index (χ1) is 5.43. The van der Waals surface area contributed by atoms with Gasteiger partial charge in [-0.2, -0.15) is 0 Å². The third-order valence-corrected chi connectivity index (χ3v) is 2.96. The highest BCUT2D eigenvalue weighted by molar-refractivity contribution is 7.09. The van der Waals surface area contributed by atoms with Crippen molar-refractivity contribution in [2.24, 2.45) is 0 Å². The molecule has 68 valence electrons. The zero-order valence-electron chi connectivity index (χ0n) is 8.51. The van der Waals surface area contributed by atoms with E-state index in [-0.39, 0.29) is 5.41 Å². The summed E-state index contributed by atoms with van der Waals surface area (Å²) < 4.78 is 0. The quantitative estimate of drug-likeness (QED) is 0.648. The normalized spacial score (nSPS) is 12.5. The molecule has 1 rings (SSSR count). The third-order valence-electron chi connectivity index (χ3n) is 1.83. The minimum Gasteiger partial charge on any atom is -0.249 e. The Labute approximate surface area is 78.8 Å². The van der Waals surface area contributed by atoms with E-state index in [1.165, 1.54) is 10.6 Å². The van der Waals surface area contributed by atoms with Crippen molar-refractivity contribution in [3.05, 3.63) is 16.1 Å². The highest BCUT2D eigenvalue weighted by atomic mass is 32.1. The molecule has 0 spiro atoms. The highest BCUT2D eigenvalue weighted by Gasteiger charge is 2.21. The molecule has 0 fully saturated rings. The first-order valence-electron chi connectivity index (χ1n) is 4.37. The van der Waals surface area contributed by atoms with Gasteiger partial charge in [0.1, 0.15) is 0 Å². The summed E-state index contributed by atoms with van der Waals surface area (Å²) in [5.41, 5.74) is 3.41. The van der Waals surface area contributed by atoms with Crippen LogP contribution in [0.5, 0.6) is 0 Å². The van der Waals surface area contributed by atoms with Gasteiger partial charge in [0.05, 0.1) is 11.2 Å². The number of hydrogen-bond donors (Lipinski definition) is 0. The van der Waals surface area contributed by atoms with Crippen molar-refractivity contribution >= 4 is 11.3 Å². The van der Waals surface area contributed by atoms with Crippen LogP contribution < -0.4 is 0 Å². The Balaban J connectivity index is 3.08. The van der Waals surface area contributed by atoms with Crippen LogP contribution in [0.1, 0.15) is 51.1 Å². The number of hydrogen-bond acceptors (Lipinski definition) is 2. The summed E-state index contributed by atoms with van der Waals surface area (Å²) in [6.07, 6.45) is 0. The molecule has 0 aromatic carbocycles. The molecule has 2 heteroatoms. The molecular formula is C10H17NS. The van der Waals surface area contributed by atoms with Crippen LogP contribution in [0.25, 0.3) is 0 Å². The van der Waals surface area contributed by atoms with Crippen molar-refractivity contribution in [2.45, 2.75) is 46.0 Å². The molecular weight excluding hydrogens is 166 g/mol. The molecule has 0 aliphatic heterocycles. The Kier molecular flexibility index (Phi) is 2.57. The Morgan fingerprint density at radius 1 is 1.33 bits per heavy atom. The van der Waals surface area contributed by atoms with Gasteiger partial charge >= 0.3 is 0 Å². The second-order valence-corrected chi connectivity index (χ2v) is 5.36. The molecule has 0 saturated carbocycles. The van der Waals surface area contributed by atoms with Crippen molar-refractivity contribution in [1.82, 2.24) is 4.98 Å². The molecule has 0 bridgehead atoms. The van der Waals surface area contributed by atoms with Gasteiger partial charge in [-0.1, -0.05) is 34.6 Å². The van der Waals surface area contributed by atoms with E-state index in [4.69, 9.17) is 0 Å². The van der Waals surface area contributed by atoms with Crippen LogP contribution in [-0.2, 0) is 5.41 Å². The van der Waals surface area contributed by atoms with E-state index < -0.39 is 0 Å². The first kappa shape index (κ1) is 9.72. The molecule has 0 aliphatic rings. The van der Waals surface area contributed by atoms with Gasteiger partial charge in [0, 0.05) is 10.3 Å². The number of thiazole rings is 1. The van der Waals surface area contributed by atoms with Crippen molar-refractivity contribution in [1.29, 1.82) is 0 Å². The fourth-order valence-corrected chi connectivity index (χ4v) is 2.24. The average Bonchev–Trinajstić information content (AvgIpc) is 2.30. The molecule has 0 aliphatic carbocycles. The summed E-state index contributed by atoms with van der Waals surface area (Å²) in [5, 5.41) is 0. The average molecular weight is 183 g/mol. The van der Waals surface area contributed by atoms with Crippen LogP contribution in [0.2, 0.25) is 0 Å². The van der Waals surface area contributed by atoms with Crippen LogP contribution in [0.15, 0.2) is 5.51 Å². The number of aromatic nitrogens is 1. The molecule has 0 N–H and O–H groups in total. The maximum absolute atomic E-state index is 4.43. The van der Waals surface area contributed by atoms with Crippen LogP contribution in [0.4, 0.5) is 0 Å². The largest absolute Gasteiger partial charge is 0.249 e. The van der Waals surface area contributed by atoms with Crippen LogP contribution in [0, 0.1) is 0 Å². The minimum absolute atomic E-state index is 0.194. The Morgan fingerprint density at radius 3 is 2.25 bits per heavy atom. The molecule has 1 nitrogen and oxygen atoms in total. The molecule has 0 unspecified atom stereocenters. The van der Waals surface area contributed by atoms with E-state index in [2.05, 4.69) is 39.6 Å². The van der Waals surface area contributed by atoms with Crippen molar-refractivity contribution in [2.75, 3.05) is 0 Å². The zero-order chi connectivity index (χ0) is 9.35. The summed E-state index contributed by atoms with van der Waals surface area (Å²) in [5.74, 6) is 0.603. The smallest absolute Gasteiger partial charge is 0.0798 e.